The van der Waals surface area contributed by atoms with Crippen molar-refractivity contribution in [1.29, 1.82) is 0 Å². The highest BCUT2D eigenvalue weighted by Crippen LogP contribution is 2.44. The summed E-state index contributed by atoms with van der Waals surface area (Å²) in [6, 6.07) is 57.5. The highest BCUT2D eigenvalue weighted by atomic mass is 32.1. The third-order valence-electron chi connectivity index (χ3n) is 10.0. The van der Waals surface area contributed by atoms with Crippen molar-refractivity contribution in [1.82, 2.24) is 14.5 Å². The van der Waals surface area contributed by atoms with E-state index in [-0.39, 0.29) is 0 Å². The molecule has 238 valence electrons. The van der Waals surface area contributed by atoms with Crippen molar-refractivity contribution in [3.05, 3.63) is 164 Å². The normalized spacial score (nSPS) is 11.9. The lowest BCUT2D eigenvalue weighted by Crippen LogP contribution is -1.96. The molecule has 0 unspecified atom stereocenters. The van der Waals surface area contributed by atoms with Crippen LogP contribution in [0, 0.1) is 0 Å². The molecule has 0 spiro atoms. The first-order valence-electron chi connectivity index (χ1n) is 17.1. The topological polar surface area (TPSA) is 43.9 Å². The Balaban J connectivity index is 1.21. The second kappa shape index (κ2) is 11.0. The van der Waals surface area contributed by atoms with E-state index in [1.165, 1.54) is 25.6 Å². The van der Waals surface area contributed by atoms with Gasteiger partial charge < -0.3 is 8.98 Å². The minimum absolute atomic E-state index is 0.695. The van der Waals surface area contributed by atoms with Crippen LogP contribution in [0.1, 0.15) is 0 Å². The van der Waals surface area contributed by atoms with Gasteiger partial charge in [0.2, 0.25) is 0 Å². The van der Waals surface area contributed by atoms with Crippen LogP contribution < -0.4 is 0 Å². The predicted octanol–water partition coefficient (Wildman–Crippen LogP) is 12.8. The average molecular weight is 670 g/mol. The van der Waals surface area contributed by atoms with E-state index in [0.717, 1.165) is 72.1 Å². The summed E-state index contributed by atoms with van der Waals surface area (Å²) in [6.07, 6.45) is 0. The Hall–Kier alpha value is -6.56. The van der Waals surface area contributed by atoms with Gasteiger partial charge in [-0.3, -0.25) is 0 Å². The molecule has 4 heterocycles. The second-order valence-electron chi connectivity index (χ2n) is 12.9. The third kappa shape index (κ3) is 4.25. The van der Waals surface area contributed by atoms with Gasteiger partial charge >= 0.3 is 0 Å². The highest BCUT2D eigenvalue weighted by molar-refractivity contribution is 7.25. The number of furan rings is 1. The number of fused-ring (bicyclic) bond motifs is 10. The fraction of sp³-hybridized carbons (Fsp3) is 0. The minimum atomic E-state index is 0.695. The molecule has 0 aliphatic carbocycles. The lowest BCUT2D eigenvalue weighted by Gasteiger charge is -2.11. The number of benzene rings is 7. The molecule has 0 atom stereocenters. The van der Waals surface area contributed by atoms with Crippen LogP contribution in [0.3, 0.4) is 0 Å². The first-order chi connectivity index (χ1) is 25.3. The van der Waals surface area contributed by atoms with Crippen LogP contribution in [0.15, 0.2) is 168 Å². The molecule has 11 rings (SSSR count). The summed E-state index contributed by atoms with van der Waals surface area (Å²) in [4.78, 5) is 10.6. The van der Waals surface area contributed by atoms with Crippen molar-refractivity contribution in [2.24, 2.45) is 0 Å². The Bertz CT molecular complexity index is 3140. The molecule has 0 N–H and O–H groups in total. The number of para-hydroxylation sites is 3. The zero-order valence-corrected chi connectivity index (χ0v) is 28.1. The maximum atomic E-state index is 7.07. The van der Waals surface area contributed by atoms with Crippen LogP contribution in [0.25, 0.3) is 104 Å². The van der Waals surface area contributed by atoms with Gasteiger partial charge in [-0.05, 0) is 48.5 Å². The number of hydrogen-bond donors (Lipinski definition) is 0. The van der Waals surface area contributed by atoms with E-state index in [4.69, 9.17) is 14.4 Å². The van der Waals surface area contributed by atoms with Crippen LogP contribution in [-0.2, 0) is 0 Å². The summed E-state index contributed by atoms with van der Waals surface area (Å²) in [5.41, 5.74) is 9.66. The van der Waals surface area contributed by atoms with Crippen LogP contribution in [0.2, 0.25) is 0 Å². The van der Waals surface area contributed by atoms with Gasteiger partial charge in [0.1, 0.15) is 5.58 Å². The lowest BCUT2D eigenvalue weighted by atomic mass is 10.0. The van der Waals surface area contributed by atoms with Gasteiger partial charge in [0, 0.05) is 64.1 Å². The number of thiophene rings is 1. The predicted molar refractivity (Wildman–Crippen MR) is 213 cm³/mol. The van der Waals surface area contributed by atoms with Gasteiger partial charge in [0.15, 0.2) is 11.4 Å². The minimum Gasteiger partial charge on any atom is -0.453 e. The molecule has 0 aliphatic rings. The molecule has 4 nitrogen and oxygen atoms in total. The number of nitrogens with zero attached hydrogens (tertiary/aromatic N) is 3. The summed E-state index contributed by atoms with van der Waals surface area (Å²) in [7, 11) is 0. The fourth-order valence-electron chi connectivity index (χ4n) is 7.77. The van der Waals surface area contributed by atoms with E-state index < -0.39 is 0 Å². The molecule has 0 amide bonds. The number of hydrogen-bond acceptors (Lipinski definition) is 4. The van der Waals surface area contributed by atoms with Gasteiger partial charge in [-0.2, -0.15) is 0 Å². The number of aromatic nitrogens is 3. The van der Waals surface area contributed by atoms with Crippen molar-refractivity contribution in [3.63, 3.8) is 0 Å². The maximum absolute atomic E-state index is 7.07. The van der Waals surface area contributed by atoms with Gasteiger partial charge in [0.25, 0.3) is 0 Å². The fourth-order valence-corrected chi connectivity index (χ4v) is 8.91. The zero-order valence-electron chi connectivity index (χ0n) is 27.2. The van der Waals surface area contributed by atoms with Crippen molar-refractivity contribution < 1.29 is 4.42 Å². The summed E-state index contributed by atoms with van der Waals surface area (Å²) in [5, 5.41) is 6.90. The van der Waals surface area contributed by atoms with Crippen LogP contribution in [-0.4, -0.2) is 14.5 Å². The molecule has 0 saturated heterocycles. The monoisotopic (exact) mass is 669 g/mol. The van der Waals surface area contributed by atoms with E-state index in [2.05, 4.69) is 162 Å². The van der Waals surface area contributed by atoms with E-state index >= 15 is 0 Å². The molecule has 51 heavy (non-hydrogen) atoms. The summed E-state index contributed by atoms with van der Waals surface area (Å²) >= 11 is 1.81. The van der Waals surface area contributed by atoms with Gasteiger partial charge in [-0.15, -0.1) is 11.3 Å². The van der Waals surface area contributed by atoms with Crippen molar-refractivity contribution in [2.45, 2.75) is 0 Å². The third-order valence-corrected chi connectivity index (χ3v) is 11.2. The quantitative estimate of drug-likeness (QED) is 0.187. The van der Waals surface area contributed by atoms with Crippen LogP contribution in [0.5, 0.6) is 0 Å². The molecule has 11 aromatic rings. The molecule has 0 aliphatic heterocycles. The molecule has 0 bridgehead atoms. The average Bonchev–Trinajstić information content (AvgIpc) is 3.88. The summed E-state index contributed by atoms with van der Waals surface area (Å²) in [6.45, 7) is 0. The summed E-state index contributed by atoms with van der Waals surface area (Å²) < 4.78 is 11.9. The van der Waals surface area contributed by atoms with E-state index in [1.807, 2.05) is 6.07 Å². The first-order valence-corrected chi connectivity index (χ1v) is 17.9. The molecular formula is C46H27N3OS. The molecule has 4 aromatic heterocycles. The first kappa shape index (κ1) is 28.3. The second-order valence-corrected chi connectivity index (χ2v) is 14.0. The zero-order chi connectivity index (χ0) is 33.5. The Morgan fingerprint density at radius 1 is 0.471 bits per heavy atom. The van der Waals surface area contributed by atoms with Gasteiger partial charge in [-0.1, -0.05) is 115 Å². The van der Waals surface area contributed by atoms with Gasteiger partial charge in [-0.25, -0.2) is 9.97 Å². The molecule has 0 radical (unpaired) electrons. The maximum Gasteiger partial charge on any atom is 0.161 e. The standard InChI is InChI=1S/C46H27N3OS/c1-3-13-28(14-4-1)37-27-38(48-46(47-37)36-21-12-24-41-42(36)35-18-8-10-23-40(35)51-41)34-20-11-19-32-33-26-25-31-30-17-7-9-22-39(30)49(29-15-5-2-6-16-29)43(31)45(33)50-44(32)34/h1-27H. The summed E-state index contributed by atoms with van der Waals surface area (Å²) in [5.74, 6) is 0.695. The lowest BCUT2D eigenvalue weighted by molar-refractivity contribution is 0.672. The Kier molecular flexibility index (Phi) is 6.09. The Morgan fingerprint density at radius 2 is 1.12 bits per heavy atom. The van der Waals surface area contributed by atoms with Crippen LogP contribution in [0.4, 0.5) is 0 Å². The number of rotatable bonds is 4. The van der Waals surface area contributed by atoms with Crippen LogP contribution >= 0.6 is 11.3 Å². The smallest absolute Gasteiger partial charge is 0.161 e. The highest BCUT2D eigenvalue weighted by Gasteiger charge is 2.22. The van der Waals surface area contributed by atoms with E-state index in [0.29, 0.717) is 5.82 Å². The van der Waals surface area contributed by atoms with Crippen molar-refractivity contribution in [3.8, 4) is 39.6 Å². The molecule has 0 fully saturated rings. The molecular weight excluding hydrogens is 643 g/mol. The molecule has 7 aromatic carbocycles. The SMILES string of the molecule is c1ccc(-c2cc(-c3cccc4c3oc3c4ccc4c5ccccc5n(-c5ccccc5)c43)nc(-c3cccc4sc5ccccc5c34)n2)cc1. The largest absolute Gasteiger partial charge is 0.453 e. The van der Waals surface area contributed by atoms with E-state index in [9.17, 15) is 0 Å². The molecule has 0 saturated carbocycles. The van der Waals surface area contributed by atoms with E-state index in [1.54, 1.807) is 11.3 Å². The van der Waals surface area contributed by atoms with Crippen molar-refractivity contribution in [2.75, 3.05) is 0 Å². The van der Waals surface area contributed by atoms with Gasteiger partial charge in [0.05, 0.1) is 22.4 Å². The molecule has 5 heteroatoms. The Morgan fingerprint density at radius 3 is 2.00 bits per heavy atom. The Labute approximate surface area is 296 Å². The van der Waals surface area contributed by atoms with Crippen molar-refractivity contribution >= 4 is 75.3 Å².